The van der Waals surface area contributed by atoms with Crippen molar-refractivity contribution in [3.05, 3.63) is 106 Å². The summed E-state index contributed by atoms with van der Waals surface area (Å²) in [5.41, 5.74) is 7.34. The summed E-state index contributed by atoms with van der Waals surface area (Å²) in [5.74, 6) is 1.06. The maximum Gasteiger partial charge on any atom is 0.0630 e. The highest BCUT2D eigenvalue weighted by atomic mass is 35.5. The van der Waals surface area contributed by atoms with Crippen LogP contribution in [-0.2, 0) is 0 Å². The number of allylic oxidation sites excluding steroid dienone is 2. The van der Waals surface area contributed by atoms with Crippen molar-refractivity contribution in [2.45, 2.75) is 25.3 Å². The van der Waals surface area contributed by atoms with Gasteiger partial charge in [0, 0.05) is 22.8 Å². The van der Waals surface area contributed by atoms with E-state index in [4.69, 9.17) is 11.6 Å². The fourth-order valence-electron chi connectivity index (χ4n) is 4.51. The van der Waals surface area contributed by atoms with E-state index in [9.17, 15) is 0 Å². The minimum absolute atomic E-state index is 0.319. The van der Waals surface area contributed by atoms with E-state index in [2.05, 4.69) is 71.8 Å². The number of fused-ring (bicyclic) bond motifs is 3. The Bertz CT molecular complexity index is 1080. The molecule has 0 spiro atoms. The predicted molar refractivity (Wildman–Crippen MR) is 123 cm³/mol. The van der Waals surface area contributed by atoms with E-state index in [0.717, 1.165) is 22.7 Å². The minimum Gasteiger partial charge on any atom is -0.378 e. The summed E-state index contributed by atoms with van der Waals surface area (Å²) in [4.78, 5) is 4.60. The Hall–Kier alpha value is -2.84. The van der Waals surface area contributed by atoms with Crippen LogP contribution < -0.4 is 5.32 Å². The molecule has 0 saturated carbocycles. The molecule has 1 N–H and O–H groups in total. The van der Waals surface area contributed by atoms with E-state index in [1.165, 1.54) is 22.4 Å². The van der Waals surface area contributed by atoms with Crippen molar-refractivity contribution in [3.8, 4) is 0 Å². The summed E-state index contributed by atoms with van der Waals surface area (Å²) in [6, 6.07) is 23.4. The molecule has 0 aromatic heterocycles. The zero-order valence-electron chi connectivity index (χ0n) is 16.3. The number of hydrogen-bond donors (Lipinski definition) is 1. The Labute approximate surface area is 177 Å². The lowest BCUT2D eigenvalue weighted by Gasteiger charge is -2.37. The first-order valence-electron chi connectivity index (χ1n) is 10.1. The molecule has 0 radical (unpaired) electrons. The number of anilines is 1. The van der Waals surface area contributed by atoms with Gasteiger partial charge in [-0.2, -0.15) is 0 Å². The normalized spacial score (nSPS) is 22.3. The molecule has 2 nitrogen and oxygen atoms in total. The lowest BCUT2D eigenvalue weighted by Crippen LogP contribution is -2.29. The molecule has 2 aliphatic rings. The lowest BCUT2D eigenvalue weighted by atomic mass is 9.76. The van der Waals surface area contributed by atoms with E-state index in [1.807, 2.05) is 30.5 Å². The van der Waals surface area contributed by atoms with Crippen LogP contribution in [-0.4, -0.2) is 6.21 Å². The van der Waals surface area contributed by atoms with Crippen molar-refractivity contribution in [3.63, 3.8) is 0 Å². The molecule has 3 heteroatoms. The molecule has 0 bridgehead atoms. The molecule has 3 atom stereocenters. The van der Waals surface area contributed by atoms with Gasteiger partial charge in [-0.3, -0.25) is 4.99 Å². The number of benzene rings is 3. The van der Waals surface area contributed by atoms with Crippen LogP contribution in [0, 0.1) is 12.8 Å². The summed E-state index contributed by atoms with van der Waals surface area (Å²) in [6.07, 6.45) is 7.72. The topological polar surface area (TPSA) is 24.4 Å². The SMILES string of the molecule is Cc1ccc2c(c1)[C@@H]1C=CC[C@H]1[C@@H](c1ccc(N=Cc3ccc(Cl)cc3)cc1)N2. The summed E-state index contributed by atoms with van der Waals surface area (Å²) >= 11 is 5.94. The fourth-order valence-corrected chi connectivity index (χ4v) is 4.64. The van der Waals surface area contributed by atoms with Crippen molar-refractivity contribution in [2.24, 2.45) is 10.9 Å². The fraction of sp³-hybridized carbons (Fsp3) is 0.192. The van der Waals surface area contributed by atoms with Gasteiger partial charge in [0.1, 0.15) is 0 Å². The van der Waals surface area contributed by atoms with Gasteiger partial charge in [0.05, 0.1) is 11.7 Å². The summed E-state index contributed by atoms with van der Waals surface area (Å²) in [7, 11) is 0. The number of hydrogen-bond acceptors (Lipinski definition) is 2. The monoisotopic (exact) mass is 398 g/mol. The van der Waals surface area contributed by atoms with Crippen LogP contribution in [0.4, 0.5) is 11.4 Å². The van der Waals surface area contributed by atoms with Gasteiger partial charge in [-0.25, -0.2) is 0 Å². The van der Waals surface area contributed by atoms with Crippen LogP contribution in [0.5, 0.6) is 0 Å². The minimum atomic E-state index is 0.319. The average molecular weight is 399 g/mol. The van der Waals surface area contributed by atoms with E-state index in [0.29, 0.717) is 17.9 Å². The highest BCUT2D eigenvalue weighted by molar-refractivity contribution is 6.30. The predicted octanol–water partition coefficient (Wildman–Crippen LogP) is 7.23. The molecule has 0 unspecified atom stereocenters. The van der Waals surface area contributed by atoms with E-state index in [1.54, 1.807) is 0 Å². The molecule has 0 amide bonds. The average Bonchev–Trinajstić information content (AvgIpc) is 3.24. The van der Waals surface area contributed by atoms with Crippen LogP contribution in [0.3, 0.4) is 0 Å². The Balaban J connectivity index is 1.38. The molecule has 5 rings (SSSR count). The number of aliphatic imine (C=N–C) groups is 1. The number of rotatable bonds is 3. The standard InChI is InChI=1S/C26H23ClN2/c1-17-5-14-25-24(15-17)22-3-2-4-23(22)26(29-25)19-8-12-21(13-9-19)28-16-18-6-10-20(27)11-7-18/h2-3,5-16,22-23,26,29H,4H2,1H3/t22-,23-,26-/m1/s1. The second-order valence-corrected chi connectivity index (χ2v) is 8.40. The van der Waals surface area contributed by atoms with Gasteiger partial charge >= 0.3 is 0 Å². The van der Waals surface area contributed by atoms with Crippen molar-refractivity contribution < 1.29 is 0 Å². The second-order valence-electron chi connectivity index (χ2n) is 7.97. The summed E-state index contributed by atoms with van der Waals surface area (Å²) in [6.45, 7) is 2.17. The largest absolute Gasteiger partial charge is 0.378 e. The first-order chi connectivity index (χ1) is 14.2. The molecule has 1 aliphatic heterocycles. The third kappa shape index (κ3) is 3.61. The van der Waals surface area contributed by atoms with Gasteiger partial charge in [0.15, 0.2) is 0 Å². The molecule has 0 saturated heterocycles. The van der Waals surface area contributed by atoms with Gasteiger partial charge < -0.3 is 5.32 Å². The van der Waals surface area contributed by atoms with Crippen molar-refractivity contribution in [1.82, 2.24) is 0 Å². The molecule has 29 heavy (non-hydrogen) atoms. The van der Waals surface area contributed by atoms with Gasteiger partial charge in [0.25, 0.3) is 0 Å². The maximum atomic E-state index is 5.94. The molecule has 1 heterocycles. The van der Waals surface area contributed by atoms with Crippen LogP contribution in [0.15, 0.2) is 83.9 Å². The Morgan fingerprint density at radius 3 is 2.59 bits per heavy atom. The Kier molecular flexibility index (Phi) is 4.73. The van der Waals surface area contributed by atoms with E-state index < -0.39 is 0 Å². The first kappa shape index (κ1) is 18.2. The highest BCUT2D eigenvalue weighted by Crippen LogP contribution is 2.49. The Morgan fingerprint density at radius 1 is 1.00 bits per heavy atom. The molecule has 3 aromatic rings. The van der Waals surface area contributed by atoms with Crippen LogP contribution in [0.1, 0.15) is 40.6 Å². The number of nitrogens with one attached hydrogen (secondary N) is 1. The first-order valence-corrected chi connectivity index (χ1v) is 10.5. The second kappa shape index (κ2) is 7.53. The van der Waals surface area contributed by atoms with E-state index in [-0.39, 0.29) is 0 Å². The molecule has 3 aromatic carbocycles. The molecular formula is C26H23ClN2. The molecular weight excluding hydrogens is 376 g/mol. The number of aryl methyl sites for hydroxylation is 1. The van der Waals surface area contributed by atoms with Crippen molar-refractivity contribution in [1.29, 1.82) is 0 Å². The van der Waals surface area contributed by atoms with Crippen molar-refractivity contribution >= 4 is 29.2 Å². The lowest BCUT2D eigenvalue weighted by molar-refractivity contribution is 0.425. The molecule has 144 valence electrons. The molecule has 0 fully saturated rings. The van der Waals surface area contributed by atoms with Gasteiger partial charge in [-0.1, -0.05) is 65.7 Å². The van der Waals surface area contributed by atoms with Crippen LogP contribution in [0.2, 0.25) is 5.02 Å². The van der Waals surface area contributed by atoms with E-state index >= 15 is 0 Å². The van der Waals surface area contributed by atoms with Gasteiger partial charge in [0.2, 0.25) is 0 Å². The smallest absolute Gasteiger partial charge is 0.0630 e. The van der Waals surface area contributed by atoms with Gasteiger partial charge in [-0.05, 0) is 66.3 Å². The van der Waals surface area contributed by atoms with Crippen LogP contribution in [0.25, 0.3) is 0 Å². The third-order valence-electron chi connectivity index (χ3n) is 6.00. The zero-order valence-corrected chi connectivity index (χ0v) is 17.1. The Morgan fingerprint density at radius 2 is 1.79 bits per heavy atom. The summed E-state index contributed by atoms with van der Waals surface area (Å²) in [5, 5.41) is 4.54. The zero-order chi connectivity index (χ0) is 19.8. The third-order valence-corrected chi connectivity index (χ3v) is 6.26. The molecule has 1 aliphatic carbocycles. The highest BCUT2D eigenvalue weighted by Gasteiger charge is 2.37. The quantitative estimate of drug-likeness (QED) is 0.365. The van der Waals surface area contributed by atoms with Crippen molar-refractivity contribution in [2.75, 3.05) is 5.32 Å². The number of nitrogens with zero attached hydrogens (tertiary/aromatic N) is 1. The van der Waals surface area contributed by atoms with Crippen LogP contribution >= 0.6 is 11.6 Å². The maximum absolute atomic E-state index is 5.94. The summed E-state index contributed by atoms with van der Waals surface area (Å²) < 4.78 is 0. The van der Waals surface area contributed by atoms with Gasteiger partial charge in [-0.15, -0.1) is 0 Å². The number of halogens is 1.